The zero-order valence-corrected chi connectivity index (χ0v) is 30.2. The summed E-state index contributed by atoms with van der Waals surface area (Å²) in [4.78, 5) is 11.0. The fourth-order valence-electron chi connectivity index (χ4n) is 9.47. The lowest BCUT2D eigenvalue weighted by atomic mass is 9.95. The molecule has 55 heavy (non-hydrogen) atoms. The fourth-order valence-corrected chi connectivity index (χ4v) is 10.7. The van der Waals surface area contributed by atoms with Gasteiger partial charge in [0, 0.05) is 58.4 Å². The number of hydrogen-bond donors (Lipinski definition) is 0. The molecule has 0 saturated carbocycles. The molecule has 0 N–H and O–H groups in total. The molecular formula is C50H28N4S. The smallest absolute Gasteiger partial charge is 0.235 e. The van der Waals surface area contributed by atoms with Crippen molar-refractivity contribution >= 4 is 108 Å². The summed E-state index contributed by atoms with van der Waals surface area (Å²) < 4.78 is 7.27. The average molecular weight is 717 g/mol. The lowest BCUT2D eigenvalue weighted by molar-refractivity contribution is 1.01. The van der Waals surface area contributed by atoms with Gasteiger partial charge in [0.05, 0.1) is 33.3 Å². The van der Waals surface area contributed by atoms with E-state index < -0.39 is 0 Å². The second-order valence-corrected chi connectivity index (χ2v) is 15.5. The summed E-state index contributed by atoms with van der Waals surface area (Å²) in [7, 11) is 0. The molecule has 13 aromatic rings. The Bertz CT molecular complexity index is 3720. The van der Waals surface area contributed by atoms with Crippen LogP contribution in [0.3, 0.4) is 0 Å². The summed E-state index contributed by atoms with van der Waals surface area (Å²) in [6.45, 7) is 0. The van der Waals surface area contributed by atoms with E-state index in [1.165, 1.54) is 74.3 Å². The van der Waals surface area contributed by atoms with Crippen LogP contribution in [0, 0.1) is 0 Å². The second kappa shape index (κ2) is 10.8. The molecule has 0 spiro atoms. The monoisotopic (exact) mass is 716 g/mol. The van der Waals surface area contributed by atoms with Gasteiger partial charge >= 0.3 is 0 Å². The molecule has 0 fully saturated rings. The maximum absolute atomic E-state index is 5.60. The van der Waals surface area contributed by atoms with Gasteiger partial charge in [0.2, 0.25) is 5.95 Å². The Balaban J connectivity index is 1.23. The highest BCUT2D eigenvalue weighted by molar-refractivity contribution is 7.26. The molecule has 0 atom stereocenters. The molecule has 9 aromatic carbocycles. The molecule has 0 radical (unpaired) electrons. The van der Waals surface area contributed by atoms with E-state index in [1.54, 1.807) is 0 Å². The topological polar surface area (TPSA) is 35.6 Å². The Hall–Kier alpha value is -7.08. The van der Waals surface area contributed by atoms with Crippen LogP contribution in [0.4, 0.5) is 0 Å². The van der Waals surface area contributed by atoms with E-state index >= 15 is 0 Å². The van der Waals surface area contributed by atoms with Crippen molar-refractivity contribution < 1.29 is 0 Å². The summed E-state index contributed by atoms with van der Waals surface area (Å²) in [6, 6.07) is 61.5. The summed E-state index contributed by atoms with van der Waals surface area (Å²) in [5.41, 5.74) is 8.72. The third kappa shape index (κ3) is 3.84. The Morgan fingerprint density at radius 2 is 0.909 bits per heavy atom. The van der Waals surface area contributed by atoms with Crippen LogP contribution >= 0.6 is 11.3 Å². The molecule has 4 nitrogen and oxygen atoms in total. The van der Waals surface area contributed by atoms with Crippen LogP contribution in [0.1, 0.15) is 0 Å². The normalized spacial score (nSPS) is 12.4. The molecule has 0 aliphatic heterocycles. The molecule has 0 saturated heterocycles. The van der Waals surface area contributed by atoms with E-state index in [9.17, 15) is 0 Å². The molecule has 4 aromatic heterocycles. The first-order valence-corrected chi connectivity index (χ1v) is 19.5. The van der Waals surface area contributed by atoms with Crippen LogP contribution in [0.2, 0.25) is 0 Å². The minimum atomic E-state index is 0.669. The molecule has 4 heterocycles. The molecule has 5 heteroatoms. The van der Waals surface area contributed by atoms with Gasteiger partial charge in [-0.15, -0.1) is 11.3 Å². The predicted octanol–water partition coefficient (Wildman–Crippen LogP) is 13.6. The summed E-state index contributed by atoms with van der Waals surface area (Å²) >= 11 is 1.84. The Kier molecular flexibility index (Phi) is 5.74. The van der Waals surface area contributed by atoms with Gasteiger partial charge in [-0.2, -0.15) is 0 Å². The van der Waals surface area contributed by atoms with Gasteiger partial charge in [-0.05, 0) is 70.1 Å². The van der Waals surface area contributed by atoms with Crippen LogP contribution in [0.25, 0.3) is 119 Å². The molecule has 0 aliphatic rings. The van der Waals surface area contributed by atoms with E-state index in [0.29, 0.717) is 5.95 Å². The predicted molar refractivity (Wildman–Crippen MR) is 233 cm³/mol. The minimum Gasteiger partial charge on any atom is -0.309 e. The zero-order valence-electron chi connectivity index (χ0n) is 29.4. The van der Waals surface area contributed by atoms with Crippen LogP contribution in [-0.4, -0.2) is 19.1 Å². The van der Waals surface area contributed by atoms with Crippen molar-refractivity contribution in [2.24, 2.45) is 0 Å². The average Bonchev–Trinajstić information content (AvgIpc) is 3.91. The summed E-state index contributed by atoms with van der Waals surface area (Å²) in [6.07, 6.45) is 0. The van der Waals surface area contributed by atoms with Crippen molar-refractivity contribution in [3.63, 3.8) is 0 Å². The highest BCUT2D eigenvalue weighted by atomic mass is 32.1. The number of para-hydroxylation sites is 2. The van der Waals surface area contributed by atoms with Crippen LogP contribution in [-0.2, 0) is 0 Å². The lowest BCUT2D eigenvalue weighted by Crippen LogP contribution is -2.03. The number of rotatable bonds is 3. The molecule has 254 valence electrons. The molecule has 13 rings (SSSR count). The Morgan fingerprint density at radius 3 is 1.65 bits per heavy atom. The molecule has 0 amide bonds. The maximum atomic E-state index is 5.60. The first-order chi connectivity index (χ1) is 27.3. The molecule has 0 bridgehead atoms. The van der Waals surface area contributed by atoms with Crippen molar-refractivity contribution in [1.29, 1.82) is 0 Å². The zero-order chi connectivity index (χ0) is 35.8. The molecule has 0 unspecified atom stereocenters. The van der Waals surface area contributed by atoms with Gasteiger partial charge in [-0.25, -0.2) is 9.97 Å². The van der Waals surface area contributed by atoms with Crippen LogP contribution in [0.15, 0.2) is 170 Å². The van der Waals surface area contributed by atoms with Crippen molar-refractivity contribution in [3.05, 3.63) is 170 Å². The van der Waals surface area contributed by atoms with Gasteiger partial charge in [-0.3, -0.25) is 4.57 Å². The van der Waals surface area contributed by atoms with Gasteiger partial charge in [-0.1, -0.05) is 121 Å². The third-order valence-electron chi connectivity index (χ3n) is 11.7. The summed E-state index contributed by atoms with van der Waals surface area (Å²) in [5, 5.41) is 13.5. The molecular weight excluding hydrogens is 689 g/mol. The fraction of sp³-hybridized carbons (Fsp3) is 0. The van der Waals surface area contributed by atoms with E-state index in [1.807, 2.05) is 11.3 Å². The number of benzene rings is 8. The number of aromatic nitrogens is 4. The van der Waals surface area contributed by atoms with Crippen molar-refractivity contribution in [2.45, 2.75) is 0 Å². The highest BCUT2D eigenvalue weighted by Crippen LogP contribution is 2.48. The second-order valence-electron chi connectivity index (χ2n) is 14.5. The minimum absolute atomic E-state index is 0.669. The van der Waals surface area contributed by atoms with Crippen molar-refractivity contribution in [2.75, 3.05) is 0 Å². The van der Waals surface area contributed by atoms with Crippen LogP contribution < -0.4 is 0 Å². The van der Waals surface area contributed by atoms with Crippen molar-refractivity contribution in [3.8, 4) is 22.9 Å². The van der Waals surface area contributed by atoms with Crippen molar-refractivity contribution in [1.82, 2.24) is 19.1 Å². The standard InChI is InChI=1S/C50H28N4S/c1-2-13-29(14-3-1)53-39-24-11-19-33-30-15-4-5-16-31(30)34-20-12-25-40-45(34)47-42(28-27-41(53)46(47)44(33)39)54(40)50-51-38-23-8-6-18-36(38)48(52-50)37-22-10-21-35-32-17-7-9-26-43(32)55-49(35)37/h1-28H. The van der Waals surface area contributed by atoms with E-state index in [-0.39, 0.29) is 0 Å². The van der Waals surface area contributed by atoms with Gasteiger partial charge in [0.15, 0.2) is 0 Å². The maximum Gasteiger partial charge on any atom is 0.235 e. The van der Waals surface area contributed by atoms with Gasteiger partial charge in [0.1, 0.15) is 0 Å². The van der Waals surface area contributed by atoms with Gasteiger partial charge < -0.3 is 4.57 Å². The number of hydrogen-bond acceptors (Lipinski definition) is 3. The molecule has 0 aliphatic carbocycles. The number of thiophene rings is 1. The van der Waals surface area contributed by atoms with Gasteiger partial charge in [0.25, 0.3) is 0 Å². The van der Waals surface area contributed by atoms with E-state index in [0.717, 1.165) is 38.9 Å². The van der Waals surface area contributed by atoms with Crippen LogP contribution in [0.5, 0.6) is 0 Å². The Morgan fingerprint density at radius 1 is 0.364 bits per heavy atom. The largest absolute Gasteiger partial charge is 0.309 e. The first-order valence-electron chi connectivity index (χ1n) is 18.7. The Labute approximate surface area is 318 Å². The number of nitrogens with zero attached hydrogens (tertiary/aromatic N) is 4. The SMILES string of the molecule is c1ccc(-n2c3cccc4c5ccccc5c5cccc6c5c5c(c43)c2ccc5n6-c2nc(-c3cccc4c3sc3ccccc34)c3ccccc3n2)cc1. The first kappa shape index (κ1) is 29.4. The third-order valence-corrected chi connectivity index (χ3v) is 12.9. The van der Waals surface area contributed by atoms with E-state index in [2.05, 4.69) is 179 Å². The van der Waals surface area contributed by atoms with E-state index in [4.69, 9.17) is 9.97 Å². The summed E-state index contributed by atoms with van der Waals surface area (Å²) in [5.74, 6) is 0.669. The highest BCUT2D eigenvalue weighted by Gasteiger charge is 2.25. The number of fused-ring (bicyclic) bond motifs is 7. The quantitative estimate of drug-likeness (QED) is 0.182. The lowest BCUT2D eigenvalue weighted by Gasteiger charge is -2.12.